The summed E-state index contributed by atoms with van der Waals surface area (Å²) in [6.07, 6.45) is 1.83. The van der Waals surface area contributed by atoms with E-state index in [1.165, 1.54) is 6.07 Å². The van der Waals surface area contributed by atoms with E-state index >= 15 is 0 Å². The summed E-state index contributed by atoms with van der Waals surface area (Å²) in [5, 5.41) is 2.58. The molecule has 7 heteroatoms. The Morgan fingerprint density at radius 3 is 2.50 bits per heavy atom. The Morgan fingerprint density at radius 2 is 1.96 bits per heavy atom. The molecular formula is C17H25ClFN3O2. The van der Waals surface area contributed by atoms with Crippen LogP contribution in [0.4, 0.5) is 4.39 Å². The van der Waals surface area contributed by atoms with Crippen LogP contribution in [0.1, 0.15) is 32.3 Å². The number of hydrogen-bond acceptors (Lipinski definition) is 3. The first-order valence-electron chi connectivity index (χ1n) is 7.96. The molecule has 0 spiro atoms. The van der Waals surface area contributed by atoms with Crippen LogP contribution in [0.2, 0.25) is 0 Å². The zero-order valence-electron chi connectivity index (χ0n) is 14.0. The zero-order valence-corrected chi connectivity index (χ0v) is 14.8. The van der Waals surface area contributed by atoms with Gasteiger partial charge in [-0.15, -0.1) is 12.4 Å². The maximum atomic E-state index is 13.8. The molecule has 0 radical (unpaired) electrons. The molecule has 1 atom stereocenters. The molecule has 24 heavy (non-hydrogen) atoms. The van der Waals surface area contributed by atoms with Gasteiger partial charge in [0.2, 0.25) is 11.8 Å². The van der Waals surface area contributed by atoms with E-state index in [9.17, 15) is 14.0 Å². The average Bonchev–Trinajstić information content (AvgIpc) is 3.35. The molecule has 1 aliphatic rings. The third-order valence-corrected chi connectivity index (χ3v) is 4.04. The van der Waals surface area contributed by atoms with Crippen molar-refractivity contribution in [3.63, 3.8) is 0 Å². The van der Waals surface area contributed by atoms with Gasteiger partial charge >= 0.3 is 0 Å². The summed E-state index contributed by atoms with van der Waals surface area (Å²) in [5.74, 6) is -0.866. The SMILES string of the molecule is CC(C)[C@H](N)C(=O)NCC(=O)N(Cc1ccccc1F)C1CC1.Cl. The van der Waals surface area contributed by atoms with Crippen LogP contribution in [0, 0.1) is 11.7 Å². The highest BCUT2D eigenvalue weighted by Gasteiger charge is 2.33. The van der Waals surface area contributed by atoms with E-state index in [0.29, 0.717) is 5.56 Å². The van der Waals surface area contributed by atoms with Crippen molar-refractivity contribution in [3.05, 3.63) is 35.6 Å². The summed E-state index contributed by atoms with van der Waals surface area (Å²) < 4.78 is 13.8. The van der Waals surface area contributed by atoms with Gasteiger partial charge in [0.1, 0.15) is 5.82 Å². The van der Waals surface area contributed by atoms with Gasteiger partial charge < -0.3 is 16.0 Å². The highest BCUT2D eigenvalue weighted by atomic mass is 35.5. The number of hydrogen-bond donors (Lipinski definition) is 2. The second kappa shape index (κ2) is 8.99. The zero-order chi connectivity index (χ0) is 17.0. The third kappa shape index (κ3) is 5.46. The van der Waals surface area contributed by atoms with Gasteiger partial charge in [-0.25, -0.2) is 4.39 Å². The quantitative estimate of drug-likeness (QED) is 0.781. The second-order valence-corrected chi connectivity index (χ2v) is 6.33. The Morgan fingerprint density at radius 1 is 1.33 bits per heavy atom. The van der Waals surface area contributed by atoms with Crippen LogP contribution in [-0.2, 0) is 16.1 Å². The summed E-state index contributed by atoms with van der Waals surface area (Å²) in [4.78, 5) is 25.9. The van der Waals surface area contributed by atoms with Crippen molar-refractivity contribution in [2.45, 2.75) is 45.3 Å². The molecule has 1 aromatic rings. The maximum absolute atomic E-state index is 13.8. The molecule has 0 aromatic heterocycles. The Bertz CT molecular complexity index is 579. The summed E-state index contributed by atoms with van der Waals surface area (Å²) in [6, 6.07) is 5.92. The minimum absolute atomic E-state index is 0. The van der Waals surface area contributed by atoms with Crippen LogP contribution in [0.5, 0.6) is 0 Å². The first-order chi connectivity index (χ1) is 10.9. The third-order valence-electron chi connectivity index (χ3n) is 4.04. The Labute approximate surface area is 148 Å². The molecule has 0 unspecified atom stereocenters. The van der Waals surface area contributed by atoms with Crippen LogP contribution in [0.25, 0.3) is 0 Å². The Balaban J connectivity index is 0.00000288. The van der Waals surface area contributed by atoms with E-state index in [1.54, 1.807) is 23.1 Å². The predicted octanol–water partition coefficient (Wildman–Crippen LogP) is 1.84. The molecule has 0 bridgehead atoms. The lowest BCUT2D eigenvalue weighted by Crippen LogP contribution is -2.48. The van der Waals surface area contributed by atoms with Gasteiger partial charge in [-0.05, 0) is 24.8 Å². The van der Waals surface area contributed by atoms with E-state index in [4.69, 9.17) is 5.73 Å². The molecule has 3 N–H and O–H groups in total. The molecule has 1 fully saturated rings. The molecule has 0 heterocycles. The fourth-order valence-corrected chi connectivity index (χ4v) is 2.30. The van der Waals surface area contributed by atoms with E-state index in [-0.39, 0.29) is 55.1 Å². The number of halogens is 2. The summed E-state index contributed by atoms with van der Waals surface area (Å²) in [6.45, 7) is 3.81. The van der Waals surface area contributed by atoms with Gasteiger partial charge in [0.25, 0.3) is 0 Å². The van der Waals surface area contributed by atoms with Gasteiger partial charge in [-0.3, -0.25) is 9.59 Å². The lowest BCUT2D eigenvalue weighted by atomic mass is 10.1. The second-order valence-electron chi connectivity index (χ2n) is 6.33. The summed E-state index contributed by atoms with van der Waals surface area (Å²) >= 11 is 0. The molecule has 1 aliphatic carbocycles. The average molecular weight is 358 g/mol. The van der Waals surface area contributed by atoms with Crippen LogP contribution in [-0.4, -0.2) is 35.3 Å². The molecule has 2 rings (SSSR count). The molecule has 1 saturated carbocycles. The number of carbonyl (C=O) groups is 2. The molecular weight excluding hydrogens is 333 g/mol. The van der Waals surface area contributed by atoms with Crippen LogP contribution in [0.3, 0.4) is 0 Å². The standard InChI is InChI=1S/C17H24FN3O2.ClH/c1-11(2)16(19)17(23)20-9-15(22)21(13-7-8-13)10-12-5-3-4-6-14(12)18;/h3-6,11,13,16H,7-10,19H2,1-2H3,(H,20,23);1H/t16-;/m0./s1. The predicted molar refractivity (Wildman–Crippen MR) is 93.0 cm³/mol. The summed E-state index contributed by atoms with van der Waals surface area (Å²) in [5.41, 5.74) is 6.24. The normalized spacial score (nSPS) is 14.7. The Hall–Kier alpha value is -1.66. The van der Waals surface area contributed by atoms with Crippen LogP contribution in [0.15, 0.2) is 24.3 Å². The molecule has 0 aliphatic heterocycles. The van der Waals surface area contributed by atoms with E-state index in [2.05, 4.69) is 5.32 Å². The van der Waals surface area contributed by atoms with Crippen molar-refractivity contribution in [2.24, 2.45) is 11.7 Å². The maximum Gasteiger partial charge on any atom is 0.242 e. The van der Waals surface area contributed by atoms with Crippen molar-refractivity contribution in [1.29, 1.82) is 0 Å². The van der Waals surface area contributed by atoms with Crippen molar-refractivity contribution < 1.29 is 14.0 Å². The molecule has 0 saturated heterocycles. The lowest BCUT2D eigenvalue weighted by Gasteiger charge is -2.24. The first kappa shape index (κ1) is 20.4. The van der Waals surface area contributed by atoms with Crippen molar-refractivity contribution in [1.82, 2.24) is 10.2 Å². The molecule has 2 amide bonds. The number of nitrogens with two attached hydrogens (primary N) is 1. The number of benzene rings is 1. The van der Waals surface area contributed by atoms with Crippen molar-refractivity contribution in [3.8, 4) is 0 Å². The smallest absolute Gasteiger partial charge is 0.242 e. The van der Waals surface area contributed by atoms with E-state index in [0.717, 1.165) is 12.8 Å². The fraction of sp³-hybridized carbons (Fsp3) is 0.529. The van der Waals surface area contributed by atoms with Gasteiger partial charge in [0.15, 0.2) is 0 Å². The number of amides is 2. The molecule has 1 aromatic carbocycles. The monoisotopic (exact) mass is 357 g/mol. The lowest BCUT2D eigenvalue weighted by molar-refractivity contribution is -0.134. The highest BCUT2D eigenvalue weighted by molar-refractivity contribution is 5.87. The van der Waals surface area contributed by atoms with Gasteiger partial charge in [0, 0.05) is 18.2 Å². The topological polar surface area (TPSA) is 75.4 Å². The number of nitrogens with zero attached hydrogens (tertiary/aromatic N) is 1. The number of carbonyl (C=O) groups excluding carboxylic acids is 2. The van der Waals surface area contributed by atoms with Crippen molar-refractivity contribution >= 4 is 24.2 Å². The minimum atomic E-state index is -0.635. The Kier molecular flexibility index (Phi) is 7.63. The van der Waals surface area contributed by atoms with Gasteiger partial charge in [-0.2, -0.15) is 0 Å². The summed E-state index contributed by atoms with van der Waals surface area (Å²) in [7, 11) is 0. The number of rotatable bonds is 7. The van der Waals surface area contributed by atoms with E-state index < -0.39 is 6.04 Å². The largest absolute Gasteiger partial charge is 0.346 e. The van der Waals surface area contributed by atoms with Crippen LogP contribution >= 0.6 is 12.4 Å². The molecule has 5 nitrogen and oxygen atoms in total. The van der Waals surface area contributed by atoms with Crippen molar-refractivity contribution in [2.75, 3.05) is 6.54 Å². The minimum Gasteiger partial charge on any atom is -0.346 e. The first-order valence-corrected chi connectivity index (χ1v) is 7.96. The van der Waals surface area contributed by atoms with Gasteiger partial charge in [0.05, 0.1) is 12.6 Å². The van der Waals surface area contributed by atoms with Crippen LogP contribution < -0.4 is 11.1 Å². The fourth-order valence-electron chi connectivity index (χ4n) is 2.30. The van der Waals surface area contributed by atoms with E-state index in [1.807, 2.05) is 13.8 Å². The van der Waals surface area contributed by atoms with Gasteiger partial charge in [-0.1, -0.05) is 32.0 Å². The number of nitrogens with one attached hydrogen (secondary N) is 1. The highest BCUT2D eigenvalue weighted by Crippen LogP contribution is 2.28. The molecule has 134 valence electrons.